The van der Waals surface area contributed by atoms with Crippen molar-refractivity contribution in [3.63, 3.8) is 0 Å². The lowest BCUT2D eigenvalue weighted by Gasteiger charge is -2.07. The van der Waals surface area contributed by atoms with E-state index in [1.54, 1.807) is 36.7 Å². The molecule has 1 aromatic heterocycles. The highest BCUT2D eigenvalue weighted by Gasteiger charge is 2.06. The Hall–Kier alpha value is -2.23. The lowest BCUT2D eigenvalue weighted by atomic mass is 10.3. The summed E-state index contributed by atoms with van der Waals surface area (Å²) >= 11 is 6.05. The van der Waals surface area contributed by atoms with Crippen molar-refractivity contribution in [3.05, 3.63) is 41.7 Å². The molecule has 0 amide bonds. The molecule has 0 saturated heterocycles. The number of hydrogen-bond acceptors (Lipinski definition) is 5. The van der Waals surface area contributed by atoms with Crippen LogP contribution in [0.4, 0.5) is 17.3 Å². The second kappa shape index (κ2) is 5.21. The fourth-order valence-corrected chi connectivity index (χ4v) is 1.45. The number of aliphatic imine (C=N–C) groups is 1. The number of anilines is 2. The van der Waals surface area contributed by atoms with Crippen LogP contribution >= 0.6 is 11.6 Å². The van der Waals surface area contributed by atoms with Gasteiger partial charge >= 0.3 is 0 Å². The number of aromatic nitrogens is 2. The van der Waals surface area contributed by atoms with Crippen LogP contribution in [-0.4, -0.2) is 16.0 Å². The molecule has 0 radical (unpaired) electrons. The highest BCUT2D eigenvalue weighted by atomic mass is 35.5. The molecule has 2 rings (SSSR count). The lowest BCUT2D eigenvalue weighted by Crippen LogP contribution is -1.96. The molecule has 0 aliphatic carbocycles. The quantitative estimate of drug-likeness (QED) is 0.668. The molecule has 0 fully saturated rings. The standard InChI is InChI=1S/C11H7ClN4O/c12-10-8(15-7-17)3-1-4-9(10)16-11-13-5-2-6-14-11/h1-6H,(H,13,14,16). The van der Waals surface area contributed by atoms with E-state index in [-0.39, 0.29) is 0 Å². The molecular weight excluding hydrogens is 240 g/mol. The number of rotatable bonds is 3. The molecule has 0 aliphatic heterocycles. The Morgan fingerprint density at radius 3 is 2.71 bits per heavy atom. The molecule has 0 saturated carbocycles. The summed E-state index contributed by atoms with van der Waals surface area (Å²) in [6, 6.07) is 6.78. The first-order valence-electron chi connectivity index (χ1n) is 4.71. The summed E-state index contributed by atoms with van der Waals surface area (Å²) in [6.07, 6.45) is 4.66. The van der Waals surface area contributed by atoms with Crippen LogP contribution in [0.15, 0.2) is 41.7 Å². The van der Waals surface area contributed by atoms with Crippen LogP contribution in [0.1, 0.15) is 0 Å². The van der Waals surface area contributed by atoms with Crippen LogP contribution in [0, 0.1) is 0 Å². The smallest absolute Gasteiger partial charge is 0.240 e. The molecule has 0 atom stereocenters. The minimum atomic E-state index is 0.323. The van der Waals surface area contributed by atoms with Gasteiger partial charge in [0.1, 0.15) is 0 Å². The zero-order valence-corrected chi connectivity index (χ0v) is 9.35. The molecule has 84 valence electrons. The molecular formula is C11H7ClN4O. The van der Waals surface area contributed by atoms with E-state index in [1.165, 1.54) is 6.08 Å². The van der Waals surface area contributed by atoms with E-state index in [0.29, 0.717) is 22.3 Å². The number of nitrogens with one attached hydrogen (secondary N) is 1. The van der Waals surface area contributed by atoms with Crippen LogP contribution in [0.5, 0.6) is 0 Å². The molecule has 1 heterocycles. The van der Waals surface area contributed by atoms with E-state index in [4.69, 9.17) is 11.6 Å². The number of halogens is 1. The van der Waals surface area contributed by atoms with Crippen molar-refractivity contribution in [1.82, 2.24) is 9.97 Å². The van der Waals surface area contributed by atoms with Crippen molar-refractivity contribution in [2.75, 3.05) is 5.32 Å². The first kappa shape index (κ1) is 11.3. The summed E-state index contributed by atoms with van der Waals surface area (Å²) in [5.41, 5.74) is 0.928. The third kappa shape index (κ3) is 2.66. The van der Waals surface area contributed by atoms with E-state index in [2.05, 4.69) is 20.3 Å². The van der Waals surface area contributed by atoms with Gasteiger partial charge in [0.05, 0.1) is 16.4 Å². The second-order valence-electron chi connectivity index (χ2n) is 3.04. The molecule has 0 aliphatic rings. The summed E-state index contributed by atoms with van der Waals surface area (Å²) in [6.45, 7) is 0. The third-order valence-electron chi connectivity index (χ3n) is 1.96. The fraction of sp³-hybridized carbons (Fsp3) is 0. The van der Waals surface area contributed by atoms with Gasteiger partial charge in [0.25, 0.3) is 0 Å². The Morgan fingerprint density at radius 1 is 1.24 bits per heavy atom. The van der Waals surface area contributed by atoms with Crippen molar-refractivity contribution in [3.8, 4) is 0 Å². The van der Waals surface area contributed by atoms with Gasteiger partial charge in [-0.05, 0) is 18.2 Å². The number of carbonyl (C=O) groups excluding carboxylic acids is 1. The van der Waals surface area contributed by atoms with Crippen molar-refractivity contribution < 1.29 is 4.79 Å². The Labute approximate surface area is 102 Å². The Bertz CT molecular complexity index is 567. The predicted octanol–water partition coefficient (Wildman–Crippen LogP) is 2.84. The van der Waals surface area contributed by atoms with Crippen LogP contribution < -0.4 is 5.32 Å². The molecule has 1 aromatic carbocycles. The van der Waals surface area contributed by atoms with Crippen LogP contribution in [0.3, 0.4) is 0 Å². The summed E-state index contributed by atoms with van der Waals surface area (Å²) in [7, 11) is 0. The van der Waals surface area contributed by atoms with Crippen LogP contribution in [-0.2, 0) is 4.79 Å². The van der Waals surface area contributed by atoms with Gasteiger partial charge in [0.2, 0.25) is 12.0 Å². The largest absolute Gasteiger partial charge is 0.323 e. The van der Waals surface area contributed by atoms with Gasteiger partial charge in [-0.15, -0.1) is 0 Å². The Balaban J connectivity index is 2.34. The van der Waals surface area contributed by atoms with E-state index < -0.39 is 0 Å². The maximum Gasteiger partial charge on any atom is 0.240 e. The molecule has 0 unspecified atom stereocenters. The average molecular weight is 247 g/mol. The van der Waals surface area contributed by atoms with E-state index in [9.17, 15) is 4.79 Å². The Kier molecular flexibility index (Phi) is 3.45. The molecule has 1 N–H and O–H groups in total. The Morgan fingerprint density at radius 2 is 2.00 bits per heavy atom. The minimum absolute atomic E-state index is 0.323. The summed E-state index contributed by atoms with van der Waals surface area (Å²) < 4.78 is 0. The summed E-state index contributed by atoms with van der Waals surface area (Å²) in [5.74, 6) is 0.418. The molecule has 5 nitrogen and oxygen atoms in total. The van der Waals surface area contributed by atoms with Gasteiger partial charge in [-0.1, -0.05) is 17.7 Å². The van der Waals surface area contributed by atoms with Crippen LogP contribution in [0.25, 0.3) is 0 Å². The van der Waals surface area contributed by atoms with E-state index >= 15 is 0 Å². The maximum absolute atomic E-state index is 10.2. The predicted molar refractivity (Wildman–Crippen MR) is 64.5 cm³/mol. The zero-order chi connectivity index (χ0) is 12.1. The monoisotopic (exact) mass is 246 g/mol. The second-order valence-corrected chi connectivity index (χ2v) is 3.42. The van der Waals surface area contributed by atoms with E-state index in [1.807, 2.05) is 0 Å². The number of hydrogen-bond donors (Lipinski definition) is 1. The fourth-order valence-electron chi connectivity index (χ4n) is 1.24. The van der Waals surface area contributed by atoms with Gasteiger partial charge in [-0.3, -0.25) is 0 Å². The molecule has 6 heteroatoms. The van der Waals surface area contributed by atoms with Gasteiger partial charge < -0.3 is 5.32 Å². The number of benzene rings is 1. The highest BCUT2D eigenvalue weighted by molar-refractivity contribution is 6.35. The van der Waals surface area contributed by atoms with Gasteiger partial charge in [-0.25, -0.2) is 14.8 Å². The van der Waals surface area contributed by atoms with Crippen molar-refractivity contribution in [1.29, 1.82) is 0 Å². The van der Waals surface area contributed by atoms with Crippen molar-refractivity contribution in [2.24, 2.45) is 4.99 Å². The third-order valence-corrected chi connectivity index (χ3v) is 2.35. The number of nitrogens with zero attached hydrogens (tertiary/aromatic N) is 3. The molecule has 17 heavy (non-hydrogen) atoms. The maximum atomic E-state index is 10.2. The molecule has 0 bridgehead atoms. The molecule has 0 spiro atoms. The molecule has 2 aromatic rings. The first-order chi connectivity index (χ1) is 8.31. The lowest BCUT2D eigenvalue weighted by molar-refractivity contribution is 0.565. The minimum Gasteiger partial charge on any atom is -0.323 e. The SMILES string of the molecule is O=C=Nc1cccc(Nc2ncccn2)c1Cl. The van der Waals surface area contributed by atoms with Crippen molar-refractivity contribution in [2.45, 2.75) is 0 Å². The van der Waals surface area contributed by atoms with Gasteiger partial charge in [0, 0.05) is 12.4 Å². The summed E-state index contributed by atoms with van der Waals surface area (Å²) in [5, 5.41) is 3.25. The summed E-state index contributed by atoms with van der Waals surface area (Å²) in [4.78, 5) is 21.7. The normalized spacial score (nSPS) is 9.47. The highest BCUT2D eigenvalue weighted by Crippen LogP contribution is 2.32. The van der Waals surface area contributed by atoms with Crippen molar-refractivity contribution >= 4 is 35.0 Å². The zero-order valence-electron chi connectivity index (χ0n) is 8.59. The van der Waals surface area contributed by atoms with Gasteiger partial charge in [0.15, 0.2) is 0 Å². The first-order valence-corrected chi connectivity index (χ1v) is 5.09. The topological polar surface area (TPSA) is 67.2 Å². The van der Waals surface area contributed by atoms with E-state index in [0.717, 1.165) is 0 Å². The number of isocyanates is 1. The van der Waals surface area contributed by atoms with Gasteiger partial charge in [-0.2, -0.15) is 4.99 Å². The van der Waals surface area contributed by atoms with Crippen LogP contribution in [0.2, 0.25) is 5.02 Å². The average Bonchev–Trinajstić information content (AvgIpc) is 2.36.